The Kier molecular flexibility index (Phi) is 4.25. The standard InChI is InChI=1S/C22H22N4/c1-4-15(13-23-5-2)19-10-11-24-21-9-7-18(22(19)21)16-6-8-20-17(12-16)14-26(3)25-20/h4,6-8,10-14H,5,9H2,1-3H3/b15-4+,23-13?. The number of pyridine rings is 1. The maximum atomic E-state index is 4.62. The third-order valence-electron chi connectivity index (χ3n) is 4.76. The third-order valence-corrected chi connectivity index (χ3v) is 4.76. The van der Waals surface area contributed by atoms with Crippen LogP contribution in [-0.4, -0.2) is 27.5 Å². The minimum Gasteiger partial charge on any atom is -0.293 e. The van der Waals surface area contributed by atoms with Gasteiger partial charge in [-0.2, -0.15) is 5.10 Å². The summed E-state index contributed by atoms with van der Waals surface area (Å²) in [5.74, 6) is 0. The highest BCUT2D eigenvalue weighted by molar-refractivity contribution is 6.12. The number of allylic oxidation sites excluding steroid dienone is 3. The highest BCUT2D eigenvalue weighted by Gasteiger charge is 2.22. The van der Waals surface area contributed by atoms with Gasteiger partial charge < -0.3 is 0 Å². The molecule has 0 N–H and O–H groups in total. The Bertz CT molecular complexity index is 1070. The zero-order chi connectivity index (χ0) is 18.1. The zero-order valence-corrected chi connectivity index (χ0v) is 15.4. The van der Waals surface area contributed by atoms with Crippen LogP contribution in [0, 0.1) is 0 Å². The molecule has 0 unspecified atom stereocenters. The smallest absolute Gasteiger partial charge is 0.0923 e. The number of rotatable bonds is 4. The number of hydrogen-bond donors (Lipinski definition) is 0. The van der Waals surface area contributed by atoms with Gasteiger partial charge in [0.05, 0.1) is 11.2 Å². The molecule has 4 nitrogen and oxygen atoms in total. The topological polar surface area (TPSA) is 43.1 Å². The normalized spacial score (nSPS) is 14.3. The molecule has 3 aromatic rings. The lowest BCUT2D eigenvalue weighted by Gasteiger charge is -2.13. The van der Waals surface area contributed by atoms with Gasteiger partial charge in [-0.05, 0) is 54.3 Å². The Hall–Kier alpha value is -3.01. The van der Waals surface area contributed by atoms with Gasteiger partial charge in [-0.1, -0.05) is 18.2 Å². The van der Waals surface area contributed by atoms with Crippen LogP contribution in [0.3, 0.4) is 0 Å². The lowest BCUT2D eigenvalue weighted by Crippen LogP contribution is -1.99. The van der Waals surface area contributed by atoms with Gasteiger partial charge >= 0.3 is 0 Å². The highest BCUT2D eigenvalue weighted by atomic mass is 15.2. The number of aromatic nitrogens is 3. The first-order valence-electron chi connectivity index (χ1n) is 9.00. The molecule has 0 fully saturated rings. The average Bonchev–Trinajstić information content (AvgIpc) is 3.24. The van der Waals surface area contributed by atoms with Crippen molar-refractivity contribution in [3.63, 3.8) is 0 Å². The largest absolute Gasteiger partial charge is 0.293 e. The summed E-state index contributed by atoms with van der Waals surface area (Å²) >= 11 is 0. The summed E-state index contributed by atoms with van der Waals surface area (Å²) in [7, 11) is 1.96. The van der Waals surface area contributed by atoms with Gasteiger partial charge in [0, 0.05) is 49.6 Å². The van der Waals surface area contributed by atoms with Gasteiger partial charge in [0.2, 0.25) is 0 Å². The van der Waals surface area contributed by atoms with E-state index in [1.165, 1.54) is 22.3 Å². The van der Waals surface area contributed by atoms with E-state index in [-0.39, 0.29) is 0 Å². The zero-order valence-electron chi connectivity index (χ0n) is 15.4. The Labute approximate surface area is 153 Å². The molecule has 0 amide bonds. The molecular formula is C22H22N4. The Morgan fingerprint density at radius 3 is 3.00 bits per heavy atom. The molecule has 4 rings (SSSR count). The molecule has 2 aromatic heterocycles. The molecule has 0 saturated carbocycles. The van der Waals surface area contributed by atoms with E-state index in [0.29, 0.717) is 0 Å². The van der Waals surface area contributed by atoms with Crippen LogP contribution in [0.4, 0.5) is 0 Å². The van der Waals surface area contributed by atoms with Gasteiger partial charge in [0.1, 0.15) is 0 Å². The van der Waals surface area contributed by atoms with Crippen molar-refractivity contribution in [2.24, 2.45) is 12.0 Å². The molecule has 1 aromatic carbocycles. The molecule has 0 atom stereocenters. The van der Waals surface area contributed by atoms with E-state index in [1.807, 2.05) is 24.1 Å². The van der Waals surface area contributed by atoms with E-state index in [1.54, 1.807) is 0 Å². The fourth-order valence-corrected chi connectivity index (χ4v) is 3.57. The fraction of sp³-hybridized carbons (Fsp3) is 0.227. The summed E-state index contributed by atoms with van der Waals surface area (Å²) in [6.45, 7) is 4.89. The molecule has 2 heterocycles. The fourth-order valence-electron chi connectivity index (χ4n) is 3.57. The third kappa shape index (κ3) is 2.77. The lowest BCUT2D eigenvalue weighted by molar-refractivity contribution is 0.780. The van der Waals surface area contributed by atoms with E-state index in [9.17, 15) is 0 Å². The number of aryl methyl sites for hydroxylation is 1. The van der Waals surface area contributed by atoms with Gasteiger partial charge in [-0.3, -0.25) is 14.7 Å². The maximum Gasteiger partial charge on any atom is 0.0923 e. The van der Waals surface area contributed by atoms with E-state index >= 15 is 0 Å². The predicted molar refractivity (Wildman–Crippen MR) is 108 cm³/mol. The van der Waals surface area contributed by atoms with Gasteiger partial charge in [-0.15, -0.1) is 0 Å². The van der Waals surface area contributed by atoms with Crippen molar-refractivity contribution >= 4 is 28.3 Å². The van der Waals surface area contributed by atoms with E-state index in [0.717, 1.165) is 35.1 Å². The lowest BCUT2D eigenvalue weighted by atomic mass is 9.92. The quantitative estimate of drug-likeness (QED) is 0.657. The molecule has 0 radical (unpaired) electrons. The molecule has 4 heteroatoms. The van der Waals surface area contributed by atoms with Crippen LogP contribution in [0.5, 0.6) is 0 Å². The van der Waals surface area contributed by atoms with Crippen molar-refractivity contribution in [3.8, 4) is 0 Å². The van der Waals surface area contributed by atoms with Crippen LogP contribution in [0.1, 0.15) is 36.2 Å². The van der Waals surface area contributed by atoms with Crippen LogP contribution in [0.2, 0.25) is 0 Å². The summed E-state index contributed by atoms with van der Waals surface area (Å²) in [6.07, 6.45) is 11.2. The number of aliphatic imine (C=N–C) groups is 1. The molecule has 26 heavy (non-hydrogen) atoms. The average molecular weight is 342 g/mol. The molecule has 1 aliphatic rings. The molecule has 0 spiro atoms. The van der Waals surface area contributed by atoms with Gasteiger partial charge in [0.25, 0.3) is 0 Å². The summed E-state index contributed by atoms with van der Waals surface area (Å²) in [6, 6.07) is 8.56. The molecule has 0 bridgehead atoms. The second-order valence-corrected chi connectivity index (χ2v) is 6.45. The van der Waals surface area contributed by atoms with E-state index in [2.05, 4.69) is 71.5 Å². The number of fused-ring (bicyclic) bond motifs is 2. The van der Waals surface area contributed by atoms with Crippen LogP contribution in [-0.2, 0) is 13.5 Å². The predicted octanol–water partition coefficient (Wildman–Crippen LogP) is 4.45. The van der Waals surface area contributed by atoms with Crippen LogP contribution < -0.4 is 0 Å². The molecule has 130 valence electrons. The van der Waals surface area contributed by atoms with E-state index in [4.69, 9.17) is 0 Å². The van der Waals surface area contributed by atoms with Crippen molar-refractivity contribution in [2.45, 2.75) is 20.3 Å². The van der Waals surface area contributed by atoms with E-state index < -0.39 is 0 Å². The Morgan fingerprint density at radius 1 is 1.31 bits per heavy atom. The Balaban J connectivity index is 1.84. The van der Waals surface area contributed by atoms with Gasteiger partial charge in [0.15, 0.2) is 0 Å². The minimum atomic E-state index is 0.783. The SMILES string of the molecule is C/C=C(\C=NCC)c1ccnc2c1C(c1ccc3nn(C)cc3c1)=CC2. The van der Waals surface area contributed by atoms with Crippen molar-refractivity contribution < 1.29 is 0 Å². The Morgan fingerprint density at radius 2 is 2.19 bits per heavy atom. The monoisotopic (exact) mass is 342 g/mol. The van der Waals surface area contributed by atoms with Crippen molar-refractivity contribution in [3.05, 3.63) is 71.2 Å². The number of nitrogens with zero attached hydrogens (tertiary/aromatic N) is 4. The first kappa shape index (κ1) is 16.5. The first-order valence-corrected chi connectivity index (χ1v) is 9.00. The second kappa shape index (κ2) is 6.71. The summed E-state index contributed by atoms with van der Waals surface area (Å²) in [5.41, 5.74) is 8.18. The first-order chi connectivity index (χ1) is 12.7. The number of benzene rings is 1. The maximum absolute atomic E-state index is 4.62. The molecule has 1 aliphatic carbocycles. The highest BCUT2D eigenvalue weighted by Crippen LogP contribution is 2.37. The molecular weight excluding hydrogens is 320 g/mol. The van der Waals surface area contributed by atoms with Crippen molar-refractivity contribution in [1.82, 2.24) is 14.8 Å². The van der Waals surface area contributed by atoms with Gasteiger partial charge in [-0.25, -0.2) is 0 Å². The van der Waals surface area contributed by atoms with Crippen molar-refractivity contribution in [2.75, 3.05) is 6.54 Å². The summed E-state index contributed by atoms with van der Waals surface area (Å²) < 4.78 is 1.86. The van der Waals surface area contributed by atoms with Crippen LogP contribution in [0.15, 0.2) is 53.8 Å². The van der Waals surface area contributed by atoms with Crippen LogP contribution in [0.25, 0.3) is 22.0 Å². The number of hydrogen-bond acceptors (Lipinski definition) is 3. The van der Waals surface area contributed by atoms with Crippen LogP contribution >= 0.6 is 0 Å². The molecule has 0 aliphatic heterocycles. The minimum absolute atomic E-state index is 0.783. The van der Waals surface area contributed by atoms with Crippen molar-refractivity contribution in [1.29, 1.82) is 0 Å². The second-order valence-electron chi connectivity index (χ2n) is 6.45. The summed E-state index contributed by atoms with van der Waals surface area (Å²) in [5, 5.41) is 5.63. The molecule has 0 saturated heterocycles. The summed E-state index contributed by atoms with van der Waals surface area (Å²) in [4.78, 5) is 9.06.